The molecule has 1 atom stereocenters. The summed E-state index contributed by atoms with van der Waals surface area (Å²) >= 11 is 1.38. The normalized spacial score (nSPS) is 13.0. The molecule has 0 aliphatic rings. The lowest BCUT2D eigenvalue weighted by Gasteiger charge is -2.22. The number of carbonyl (C=O) groups excluding carboxylic acids is 2. The first-order valence-electron chi connectivity index (χ1n) is 7.33. The number of carbonyl (C=O) groups is 2. The summed E-state index contributed by atoms with van der Waals surface area (Å²) in [7, 11) is 1.48. The molecule has 24 heavy (non-hydrogen) atoms. The molecule has 3 N–H and O–H groups in total. The third-order valence-corrected chi connectivity index (χ3v) is 4.58. The van der Waals surface area contributed by atoms with Gasteiger partial charge in [0.1, 0.15) is 11.4 Å². The maximum Gasteiger partial charge on any atom is 0.313 e. The molecule has 0 bridgehead atoms. The lowest BCUT2D eigenvalue weighted by atomic mass is 10.1. The minimum absolute atomic E-state index is 0.0648. The van der Waals surface area contributed by atoms with Gasteiger partial charge in [-0.1, -0.05) is 12.1 Å². The van der Waals surface area contributed by atoms with Crippen LogP contribution in [0.5, 0.6) is 5.75 Å². The fraction of sp³-hybridized carbons (Fsp3) is 0.294. The van der Waals surface area contributed by atoms with Crippen LogP contribution in [0.25, 0.3) is 0 Å². The zero-order chi connectivity index (χ0) is 17.7. The fourth-order valence-corrected chi connectivity index (χ4v) is 2.89. The number of rotatable bonds is 5. The number of methoxy groups -OCH3 is 1. The van der Waals surface area contributed by atoms with E-state index < -0.39 is 17.4 Å². The predicted molar refractivity (Wildman–Crippen MR) is 93.3 cm³/mol. The molecule has 1 aromatic carbocycles. The largest absolute Gasteiger partial charge is 0.495 e. The molecule has 0 fully saturated rings. The van der Waals surface area contributed by atoms with Crippen LogP contribution >= 0.6 is 11.3 Å². The van der Waals surface area contributed by atoms with Gasteiger partial charge in [0.15, 0.2) is 0 Å². The van der Waals surface area contributed by atoms with Crippen LogP contribution in [0.3, 0.4) is 0 Å². The van der Waals surface area contributed by atoms with Crippen molar-refractivity contribution in [2.45, 2.75) is 19.4 Å². The van der Waals surface area contributed by atoms with Crippen LogP contribution in [0.4, 0.5) is 5.69 Å². The number of aryl methyl sites for hydroxylation is 1. The fourth-order valence-electron chi connectivity index (χ4n) is 2.10. The Kier molecular flexibility index (Phi) is 5.58. The minimum atomic E-state index is -1.23. The first kappa shape index (κ1) is 18.0. The number of hydrogen-bond donors (Lipinski definition) is 3. The van der Waals surface area contributed by atoms with Gasteiger partial charge in [-0.3, -0.25) is 9.59 Å². The lowest BCUT2D eigenvalue weighted by Crippen LogP contribution is -2.43. The molecule has 0 aliphatic carbocycles. The Morgan fingerprint density at radius 3 is 2.67 bits per heavy atom. The highest BCUT2D eigenvalue weighted by atomic mass is 32.1. The van der Waals surface area contributed by atoms with Crippen molar-refractivity contribution in [1.29, 1.82) is 0 Å². The Bertz CT molecular complexity index is 726. The van der Waals surface area contributed by atoms with Gasteiger partial charge >= 0.3 is 11.8 Å². The highest BCUT2D eigenvalue weighted by Crippen LogP contribution is 2.26. The van der Waals surface area contributed by atoms with E-state index in [9.17, 15) is 14.7 Å². The van der Waals surface area contributed by atoms with E-state index in [4.69, 9.17) is 4.74 Å². The Balaban J connectivity index is 1.98. The van der Waals surface area contributed by atoms with Crippen LogP contribution in [-0.2, 0) is 15.2 Å². The third-order valence-electron chi connectivity index (χ3n) is 3.45. The average Bonchev–Trinajstić information content (AvgIpc) is 3.08. The number of thiophene rings is 1. The van der Waals surface area contributed by atoms with E-state index in [1.807, 2.05) is 24.4 Å². The van der Waals surface area contributed by atoms with E-state index >= 15 is 0 Å². The first-order chi connectivity index (χ1) is 11.3. The van der Waals surface area contributed by atoms with Crippen molar-refractivity contribution >= 4 is 28.8 Å². The molecule has 7 heteroatoms. The molecule has 0 aliphatic heterocycles. The SMILES string of the molecule is COc1ccc(C)cc1NC(=O)C(=O)NCC(C)(O)c1cccs1. The Hall–Kier alpha value is -2.38. The quantitative estimate of drug-likeness (QED) is 0.722. The summed E-state index contributed by atoms with van der Waals surface area (Å²) in [5.74, 6) is -1.18. The third kappa shape index (κ3) is 4.33. The van der Waals surface area contributed by atoms with Gasteiger partial charge in [0.05, 0.1) is 19.3 Å². The van der Waals surface area contributed by atoms with Crippen LogP contribution < -0.4 is 15.4 Å². The molecule has 0 saturated carbocycles. The molecular formula is C17H20N2O4S. The van der Waals surface area contributed by atoms with Crippen LogP contribution in [-0.4, -0.2) is 30.6 Å². The molecule has 1 heterocycles. The number of benzene rings is 1. The van der Waals surface area contributed by atoms with E-state index in [1.54, 1.807) is 25.1 Å². The van der Waals surface area contributed by atoms with Gasteiger partial charge in [0.2, 0.25) is 0 Å². The van der Waals surface area contributed by atoms with Gasteiger partial charge in [-0.05, 0) is 43.0 Å². The number of nitrogens with one attached hydrogen (secondary N) is 2. The Morgan fingerprint density at radius 1 is 1.29 bits per heavy atom. The van der Waals surface area contributed by atoms with E-state index in [1.165, 1.54) is 18.4 Å². The summed E-state index contributed by atoms with van der Waals surface area (Å²) in [6, 6.07) is 8.85. The topological polar surface area (TPSA) is 87.7 Å². The highest BCUT2D eigenvalue weighted by Gasteiger charge is 2.26. The van der Waals surface area contributed by atoms with E-state index in [2.05, 4.69) is 10.6 Å². The summed E-state index contributed by atoms with van der Waals surface area (Å²) in [5.41, 5.74) is 0.111. The van der Waals surface area contributed by atoms with Crippen molar-refractivity contribution in [3.63, 3.8) is 0 Å². The highest BCUT2D eigenvalue weighted by molar-refractivity contribution is 7.10. The number of ether oxygens (including phenoxy) is 1. The summed E-state index contributed by atoms with van der Waals surface area (Å²) in [6.45, 7) is 3.39. The minimum Gasteiger partial charge on any atom is -0.495 e. The molecule has 1 aromatic heterocycles. The lowest BCUT2D eigenvalue weighted by molar-refractivity contribution is -0.136. The van der Waals surface area contributed by atoms with Crippen molar-refractivity contribution in [3.8, 4) is 5.75 Å². The number of amides is 2. The molecule has 2 aromatic rings. The van der Waals surface area contributed by atoms with Crippen molar-refractivity contribution < 1.29 is 19.4 Å². The van der Waals surface area contributed by atoms with Crippen molar-refractivity contribution in [3.05, 3.63) is 46.2 Å². The van der Waals surface area contributed by atoms with Gasteiger partial charge in [-0.2, -0.15) is 0 Å². The maximum atomic E-state index is 12.0. The van der Waals surface area contributed by atoms with Crippen LogP contribution in [0.15, 0.2) is 35.7 Å². The summed E-state index contributed by atoms with van der Waals surface area (Å²) < 4.78 is 5.16. The summed E-state index contributed by atoms with van der Waals surface area (Å²) in [6.07, 6.45) is 0. The molecule has 0 spiro atoms. The smallest absolute Gasteiger partial charge is 0.313 e. The second-order valence-corrected chi connectivity index (χ2v) is 6.54. The van der Waals surface area contributed by atoms with Crippen LogP contribution in [0.1, 0.15) is 17.4 Å². The summed E-state index contributed by atoms with van der Waals surface area (Å²) in [4.78, 5) is 24.7. The van der Waals surface area contributed by atoms with Crippen molar-refractivity contribution in [2.24, 2.45) is 0 Å². The standard InChI is InChI=1S/C17H20N2O4S/c1-11-6-7-13(23-3)12(9-11)19-16(21)15(20)18-10-17(2,22)14-5-4-8-24-14/h4-9,22H,10H2,1-3H3,(H,18,20)(H,19,21). The van der Waals surface area contributed by atoms with Gasteiger partial charge in [-0.25, -0.2) is 0 Å². The van der Waals surface area contributed by atoms with E-state index in [-0.39, 0.29) is 6.54 Å². The number of hydrogen-bond acceptors (Lipinski definition) is 5. The van der Waals surface area contributed by atoms with Crippen LogP contribution in [0.2, 0.25) is 0 Å². The maximum absolute atomic E-state index is 12.0. The Morgan fingerprint density at radius 2 is 2.04 bits per heavy atom. The second kappa shape index (κ2) is 7.46. The summed E-state index contributed by atoms with van der Waals surface area (Å²) in [5, 5.41) is 17.2. The zero-order valence-corrected chi connectivity index (χ0v) is 14.6. The first-order valence-corrected chi connectivity index (χ1v) is 8.21. The van der Waals surface area contributed by atoms with Crippen LogP contribution in [0, 0.1) is 6.92 Å². The molecule has 2 rings (SSSR count). The monoisotopic (exact) mass is 348 g/mol. The number of aliphatic hydroxyl groups is 1. The van der Waals surface area contributed by atoms with Crippen molar-refractivity contribution in [2.75, 3.05) is 19.0 Å². The van der Waals surface area contributed by atoms with E-state index in [0.29, 0.717) is 16.3 Å². The zero-order valence-electron chi connectivity index (χ0n) is 13.8. The molecule has 128 valence electrons. The van der Waals surface area contributed by atoms with E-state index in [0.717, 1.165) is 5.56 Å². The average molecular weight is 348 g/mol. The van der Waals surface area contributed by atoms with Gasteiger partial charge in [0.25, 0.3) is 0 Å². The molecular weight excluding hydrogens is 328 g/mol. The van der Waals surface area contributed by atoms with Gasteiger partial charge in [0, 0.05) is 4.88 Å². The Labute approximate surface area is 144 Å². The van der Waals surface area contributed by atoms with Crippen molar-refractivity contribution in [1.82, 2.24) is 5.32 Å². The number of anilines is 1. The molecule has 6 nitrogen and oxygen atoms in total. The van der Waals surface area contributed by atoms with Gasteiger partial charge < -0.3 is 20.5 Å². The second-order valence-electron chi connectivity index (χ2n) is 5.59. The molecule has 0 radical (unpaired) electrons. The predicted octanol–water partition coefficient (Wildman–Crippen LogP) is 2.03. The molecule has 0 saturated heterocycles. The van der Waals surface area contributed by atoms with Gasteiger partial charge in [-0.15, -0.1) is 11.3 Å². The molecule has 2 amide bonds. The molecule has 1 unspecified atom stereocenters.